The Morgan fingerprint density at radius 2 is 2.22 bits per heavy atom. The molecule has 0 saturated heterocycles. The van der Waals surface area contributed by atoms with E-state index in [1.54, 1.807) is 0 Å². The Morgan fingerprint density at radius 1 is 1.56 bits per heavy atom. The van der Waals surface area contributed by atoms with E-state index in [-0.39, 0.29) is 18.6 Å². The third-order valence-corrected chi connectivity index (χ3v) is 4.08. The number of carbonyl (C=O) groups excluding carboxylic acids is 1. The van der Waals surface area contributed by atoms with Crippen molar-refractivity contribution in [3.63, 3.8) is 0 Å². The van der Waals surface area contributed by atoms with Crippen molar-refractivity contribution >= 4 is 5.91 Å². The topological polar surface area (TPSA) is 75.3 Å². The van der Waals surface area contributed by atoms with Gasteiger partial charge < -0.3 is 16.2 Å². The van der Waals surface area contributed by atoms with Crippen LogP contribution in [0.25, 0.3) is 0 Å². The van der Waals surface area contributed by atoms with Crippen LogP contribution in [0.3, 0.4) is 0 Å². The first-order chi connectivity index (χ1) is 8.38. The molecular formula is C14H28N2O2. The summed E-state index contributed by atoms with van der Waals surface area (Å²) >= 11 is 0. The molecule has 1 rings (SSSR count). The molecule has 0 aromatic carbocycles. The predicted octanol–water partition coefficient (Wildman–Crippen LogP) is 1.42. The lowest BCUT2D eigenvalue weighted by atomic mass is 9.76. The Bertz CT molecular complexity index is 281. The van der Waals surface area contributed by atoms with Gasteiger partial charge in [0, 0.05) is 12.5 Å². The first-order valence-electron chi connectivity index (χ1n) is 7.06. The summed E-state index contributed by atoms with van der Waals surface area (Å²) in [5.74, 6) is 0.829. The molecule has 1 aliphatic rings. The van der Waals surface area contributed by atoms with Crippen LogP contribution in [0.1, 0.15) is 52.9 Å². The van der Waals surface area contributed by atoms with Crippen molar-refractivity contribution in [1.82, 2.24) is 5.32 Å². The fourth-order valence-corrected chi connectivity index (χ4v) is 2.75. The SMILES string of the molecule is CC1CCCC(CO)(NC(=O)CC(N)C(C)C)C1. The zero-order valence-corrected chi connectivity index (χ0v) is 11.9. The second kappa shape index (κ2) is 6.53. The van der Waals surface area contributed by atoms with Gasteiger partial charge in [-0.1, -0.05) is 33.6 Å². The van der Waals surface area contributed by atoms with Crippen molar-refractivity contribution in [2.75, 3.05) is 6.61 Å². The van der Waals surface area contributed by atoms with Crippen molar-refractivity contribution in [3.05, 3.63) is 0 Å². The maximum Gasteiger partial charge on any atom is 0.222 e. The summed E-state index contributed by atoms with van der Waals surface area (Å²) in [6.07, 6.45) is 4.33. The van der Waals surface area contributed by atoms with Crippen LogP contribution in [-0.2, 0) is 4.79 Å². The van der Waals surface area contributed by atoms with Gasteiger partial charge in [-0.25, -0.2) is 0 Å². The van der Waals surface area contributed by atoms with Gasteiger partial charge in [-0.15, -0.1) is 0 Å². The van der Waals surface area contributed by atoms with Gasteiger partial charge in [0.05, 0.1) is 12.1 Å². The lowest BCUT2D eigenvalue weighted by Crippen LogP contribution is -2.54. The normalized spacial score (nSPS) is 30.2. The lowest BCUT2D eigenvalue weighted by Gasteiger charge is -2.39. The minimum absolute atomic E-state index is 0.0278. The van der Waals surface area contributed by atoms with Crippen LogP contribution < -0.4 is 11.1 Å². The maximum absolute atomic E-state index is 12.0. The summed E-state index contributed by atoms with van der Waals surface area (Å²) < 4.78 is 0. The van der Waals surface area contributed by atoms with Crippen molar-refractivity contribution < 1.29 is 9.90 Å². The number of hydrogen-bond donors (Lipinski definition) is 3. The largest absolute Gasteiger partial charge is 0.394 e. The summed E-state index contributed by atoms with van der Waals surface area (Å²) in [5, 5.41) is 12.6. The second-order valence-corrected chi connectivity index (χ2v) is 6.30. The summed E-state index contributed by atoms with van der Waals surface area (Å²) in [4.78, 5) is 12.0. The molecule has 1 amide bonds. The van der Waals surface area contributed by atoms with Crippen LogP contribution in [0.2, 0.25) is 0 Å². The molecule has 4 nitrogen and oxygen atoms in total. The molecule has 0 aromatic rings. The molecule has 0 aliphatic heterocycles. The second-order valence-electron chi connectivity index (χ2n) is 6.30. The van der Waals surface area contributed by atoms with Gasteiger partial charge in [-0.05, 0) is 24.7 Å². The molecule has 3 atom stereocenters. The van der Waals surface area contributed by atoms with Crippen LogP contribution in [0.15, 0.2) is 0 Å². The molecule has 4 N–H and O–H groups in total. The van der Waals surface area contributed by atoms with E-state index in [0.29, 0.717) is 18.3 Å². The Kier molecular flexibility index (Phi) is 5.60. The zero-order chi connectivity index (χ0) is 13.8. The summed E-state index contributed by atoms with van der Waals surface area (Å²) in [6, 6.07) is -0.109. The highest BCUT2D eigenvalue weighted by Crippen LogP contribution is 2.32. The molecule has 106 valence electrons. The van der Waals surface area contributed by atoms with Gasteiger partial charge in [0.15, 0.2) is 0 Å². The van der Waals surface area contributed by atoms with Crippen molar-refractivity contribution in [1.29, 1.82) is 0 Å². The molecule has 1 fully saturated rings. The highest BCUT2D eigenvalue weighted by atomic mass is 16.3. The molecule has 1 saturated carbocycles. The van der Waals surface area contributed by atoms with Crippen LogP contribution in [0.5, 0.6) is 0 Å². The van der Waals surface area contributed by atoms with Crippen LogP contribution in [0, 0.1) is 11.8 Å². The minimum Gasteiger partial charge on any atom is -0.394 e. The van der Waals surface area contributed by atoms with Crippen LogP contribution >= 0.6 is 0 Å². The van der Waals surface area contributed by atoms with E-state index in [9.17, 15) is 9.90 Å². The predicted molar refractivity (Wildman–Crippen MR) is 73.0 cm³/mol. The number of nitrogens with two attached hydrogens (primary N) is 1. The number of rotatable bonds is 5. The average Bonchev–Trinajstić information content (AvgIpc) is 2.28. The van der Waals surface area contributed by atoms with Gasteiger partial charge in [0.2, 0.25) is 5.91 Å². The molecular weight excluding hydrogens is 228 g/mol. The fourth-order valence-electron chi connectivity index (χ4n) is 2.75. The monoisotopic (exact) mass is 256 g/mol. The lowest BCUT2D eigenvalue weighted by molar-refractivity contribution is -0.125. The molecule has 0 radical (unpaired) electrons. The summed E-state index contributed by atoms with van der Waals surface area (Å²) in [5.41, 5.74) is 5.50. The van der Waals surface area contributed by atoms with E-state index in [1.165, 1.54) is 6.42 Å². The van der Waals surface area contributed by atoms with E-state index in [0.717, 1.165) is 19.3 Å². The van der Waals surface area contributed by atoms with Crippen molar-refractivity contribution in [2.24, 2.45) is 17.6 Å². The molecule has 0 spiro atoms. The fraction of sp³-hybridized carbons (Fsp3) is 0.929. The summed E-state index contributed by atoms with van der Waals surface area (Å²) in [6.45, 7) is 6.24. The third kappa shape index (κ3) is 4.25. The van der Waals surface area contributed by atoms with Gasteiger partial charge in [0.1, 0.15) is 0 Å². The Hall–Kier alpha value is -0.610. The molecule has 0 bridgehead atoms. The van der Waals surface area contributed by atoms with Gasteiger partial charge in [0.25, 0.3) is 0 Å². The smallest absolute Gasteiger partial charge is 0.222 e. The van der Waals surface area contributed by atoms with Gasteiger partial charge >= 0.3 is 0 Å². The number of nitrogens with one attached hydrogen (secondary N) is 1. The highest BCUT2D eigenvalue weighted by Gasteiger charge is 2.35. The van der Waals surface area contributed by atoms with Gasteiger partial charge in [-0.2, -0.15) is 0 Å². The van der Waals surface area contributed by atoms with E-state index in [1.807, 2.05) is 13.8 Å². The maximum atomic E-state index is 12.0. The number of carbonyl (C=O) groups is 1. The average molecular weight is 256 g/mol. The van der Waals surface area contributed by atoms with E-state index in [2.05, 4.69) is 12.2 Å². The van der Waals surface area contributed by atoms with Gasteiger partial charge in [-0.3, -0.25) is 4.79 Å². The Morgan fingerprint density at radius 3 is 2.72 bits per heavy atom. The molecule has 1 aliphatic carbocycles. The molecule has 3 unspecified atom stereocenters. The van der Waals surface area contributed by atoms with Crippen molar-refractivity contribution in [3.8, 4) is 0 Å². The number of hydrogen-bond acceptors (Lipinski definition) is 3. The first kappa shape index (κ1) is 15.4. The van der Waals surface area contributed by atoms with Crippen LogP contribution in [0.4, 0.5) is 0 Å². The zero-order valence-electron chi connectivity index (χ0n) is 11.9. The Balaban J connectivity index is 2.54. The van der Waals surface area contributed by atoms with Crippen LogP contribution in [-0.4, -0.2) is 29.2 Å². The number of aliphatic hydroxyl groups is 1. The van der Waals surface area contributed by atoms with E-state index >= 15 is 0 Å². The number of aliphatic hydroxyl groups excluding tert-OH is 1. The number of amides is 1. The highest BCUT2D eigenvalue weighted by molar-refractivity contribution is 5.77. The molecule has 0 aromatic heterocycles. The van der Waals surface area contributed by atoms with E-state index < -0.39 is 5.54 Å². The molecule has 18 heavy (non-hydrogen) atoms. The molecule has 0 heterocycles. The quantitative estimate of drug-likeness (QED) is 0.696. The minimum atomic E-state index is -0.411. The third-order valence-electron chi connectivity index (χ3n) is 4.08. The first-order valence-corrected chi connectivity index (χ1v) is 7.06. The Labute approximate surface area is 110 Å². The van der Waals surface area contributed by atoms with E-state index in [4.69, 9.17) is 5.73 Å². The van der Waals surface area contributed by atoms with Crippen molar-refractivity contribution in [2.45, 2.75) is 64.5 Å². The summed E-state index contributed by atoms with van der Waals surface area (Å²) in [7, 11) is 0. The standard InChI is InChI=1S/C14H28N2O2/c1-10(2)12(15)7-13(18)16-14(9-17)6-4-5-11(3)8-14/h10-12,17H,4-9,15H2,1-3H3,(H,16,18). The molecule has 4 heteroatoms.